The Bertz CT molecular complexity index is 471. The fraction of sp³-hybridized carbons (Fsp3) is 0.308. The monoisotopic (exact) mass is 278 g/mol. The molecule has 0 aliphatic heterocycles. The maximum Gasteiger partial charge on any atom is 0.0685 e. The van der Waals surface area contributed by atoms with Gasteiger partial charge < -0.3 is 0 Å². The first-order valence-corrected chi connectivity index (χ1v) is 6.36. The predicted octanol–water partition coefficient (Wildman–Crippen LogP) is 3.89. The molecule has 0 radical (unpaired) electrons. The van der Waals surface area contributed by atoms with Gasteiger partial charge in [0, 0.05) is 11.0 Å². The number of aromatic nitrogens is 2. The van der Waals surface area contributed by atoms with Gasteiger partial charge in [0.1, 0.15) is 0 Å². The van der Waals surface area contributed by atoms with Crippen molar-refractivity contribution >= 4 is 15.9 Å². The second kappa shape index (κ2) is 4.83. The van der Waals surface area contributed by atoms with E-state index >= 15 is 0 Å². The summed E-state index contributed by atoms with van der Waals surface area (Å²) in [5.41, 5.74) is 3.57. The van der Waals surface area contributed by atoms with Crippen molar-refractivity contribution in [2.24, 2.45) is 0 Å². The minimum Gasteiger partial charge on any atom is -0.265 e. The number of rotatable bonds is 3. The summed E-state index contributed by atoms with van der Waals surface area (Å²) in [5.74, 6) is 0. The van der Waals surface area contributed by atoms with E-state index in [1.807, 2.05) is 0 Å². The number of nitrogens with zero attached hydrogens (tertiary/aromatic N) is 2. The van der Waals surface area contributed by atoms with Crippen molar-refractivity contribution in [3.63, 3.8) is 0 Å². The third-order valence-corrected chi connectivity index (χ3v) is 3.16. The van der Waals surface area contributed by atoms with Gasteiger partial charge in [-0.2, -0.15) is 5.10 Å². The Morgan fingerprint density at radius 3 is 2.44 bits per heavy atom. The second-order valence-corrected chi connectivity index (χ2v) is 4.61. The molecule has 0 aliphatic rings. The second-order valence-electron chi connectivity index (χ2n) is 3.70. The van der Waals surface area contributed by atoms with Gasteiger partial charge in [0.15, 0.2) is 0 Å². The van der Waals surface area contributed by atoms with Crippen LogP contribution >= 0.6 is 15.9 Å². The summed E-state index contributed by atoms with van der Waals surface area (Å²) in [7, 11) is 0. The zero-order chi connectivity index (χ0) is 11.5. The van der Waals surface area contributed by atoms with Gasteiger partial charge in [-0.3, -0.25) is 4.68 Å². The molecule has 0 aliphatic carbocycles. The lowest BCUT2D eigenvalue weighted by atomic mass is 10.1. The van der Waals surface area contributed by atoms with E-state index in [1.54, 1.807) is 0 Å². The van der Waals surface area contributed by atoms with Crippen LogP contribution in [0.2, 0.25) is 0 Å². The lowest BCUT2D eigenvalue weighted by Crippen LogP contribution is -1.99. The number of hydrogen-bond donors (Lipinski definition) is 0. The van der Waals surface area contributed by atoms with Gasteiger partial charge in [-0.15, -0.1) is 0 Å². The molecule has 16 heavy (non-hydrogen) atoms. The van der Waals surface area contributed by atoms with Crippen molar-refractivity contribution in [1.29, 1.82) is 0 Å². The Labute approximate surface area is 104 Å². The van der Waals surface area contributed by atoms with E-state index in [-0.39, 0.29) is 0 Å². The minimum absolute atomic E-state index is 0.908. The smallest absolute Gasteiger partial charge is 0.0685 e. The van der Waals surface area contributed by atoms with Crippen LogP contribution in [0.4, 0.5) is 0 Å². The highest BCUT2D eigenvalue weighted by Crippen LogP contribution is 2.23. The Morgan fingerprint density at radius 1 is 1.19 bits per heavy atom. The van der Waals surface area contributed by atoms with Crippen molar-refractivity contribution in [2.75, 3.05) is 0 Å². The number of halogens is 1. The third kappa shape index (κ3) is 2.19. The molecule has 1 aromatic carbocycles. The van der Waals surface area contributed by atoms with Gasteiger partial charge in [-0.25, -0.2) is 0 Å². The molecule has 0 saturated carbocycles. The molecule has 3 heteroatoms. The lowest BCUT2D eigenvalue weighted by molar-refractivity contribution is 0.655. The normalized spacial score (nSPS) is 10.7. The van der Waals surface area contributed by atoms with Crippen LogP contribution in [0.3, 0.4) is 0 Å². The van der Waals surface area contributed by atoms with Gasteiger partial charge in [-0.1, -0.05) is 35.0 Å². The van der Waals surface area contributed by atoms with Crippen LogP contribution in [0.15, 0.2) is 34.8 Å². The van der Waals surface area contributed by atoms with Gasteiger partial charge in [0.05, 0.1) is 11.4 Å². The predicted molar refractivity (Wildman–Crippen MR) is 70.4 cm³/mol. The molecule has 1 heterocycles. The Kier molecular flexibility index (Phi) is 3.44. The highest BCUT2D eigenvalue weighted by Gasteiger charge is 2.07. The van der Waals surface area contributed by atoms with Crippen molar-refractivity contribution in [1.82, 2.24) is 9.78 Å². The highest BCUT2D eigenvalue weighted by molar-refractivity contribution is 9.10. The van der Waals surface area contributed by atoms with Gasteiger partial charge >= 0.3 is 0 Å². The first-order chi connectivity index (χ1) is 7.74. The lowest BCUT2D eigenvalue weighted by Gasteiger charge is -2.04. The molecule has 2 nitrogen and oxygen atoms in total. The van der Waals surface area contributed by atoms with E-state index in [0.717, 1.165) is 23.1 Å². The van der Waals surface area contributed by atoms with Crippen LogP contribution in [0.1, 0.15) is 19.5 Å². The summed E-state index contributed by atoms with van der Waals surface area (Å²) < 4.78 is 3.16. The molecule has 0 atom stereocenters. The molecule has 0 spiro atoms. The molecule has 0 saturated heterocycles. The van der Waals surface area contributed by atoms with Crippen molar-refractivity contribution < 1.29 is 0 Å². The molecule has 84 valence electrons. The Morgan fingerprint density at radius 2 is 1.88 bits per heavy atom. The molecule has 2 rings (SSSR count). The zero-order valence-corrected chi connectivity index (χ0v) is 11.2. The van der Waals surface area contributed by atoms with Crippen LogP contribution < -0.4 is 0 Å². The van der Waals surface area contributed by atoms with E-state index in [4.69, 9.17) is 0 Å². The Balaban J connectivity index is 2.45. The van der Waals surface area contributed by atoms with Crippen LogP contribution in [-0.4, -0.2) is 9.78 Å². The summed E-state index contributed by atoms with van der Waals surface area (Å²) in [4.78, 5) is 0. The van der Waals surface area contributed by atoms with Crippen molar-refractivity contribution in [2.45, 2.75) is 26.8 Å². The van der Waals surface area contributed by atoms with E-state index < -0.39 is 0 Å². The minimum atomic E-state index is 0.908. The third-order valence-electron chi connectivity index (χ3n) is 2.63. The maximum atomic E-state index is 4.55. The fourth-order valence-corrected chi connectivity index (χ4v) is 2.00. The standard InChI is InChI=1S/C13H15BrN2/c1-3-12-9-13(16(4-2)15-12)10-5-7-11(14)8-6-10/h5-9H,3-4H2,1-2H3. The average molecular weight is 279 g/mol. The summed E-state index contributed by atoms with van der Waals surface area (Å²) in [6.45, 7) is 5.16. The summed E-state index contributed by atoms with van der Waals surface area (Å²) in [5, 5.41) is 4.55. The van der Waals surface area contributed by atoms with Crippen molar-refractivity contribution in [3.8, 4) is 11.3 Å². The van der Waals surface area contributed by atoms with Crippen molar-refractivity contribution in [3.05, 3.63) is 40.5 Å². The molecule has 0 N–H and O–H groups in total. The molecule has 0 unspecified atom stereocenters. The zero-order valence-electron chi connectivity index (χ0n) is 9.57. The van der Waals surface area contributed by atoms with Gasteiger partial charge in [-0.05, 0) is 37.1 Å². The van der Waals surface area contributed by atoms with Crippen LogP contribution in [0, 0.1) is 0 Å². The molecule has 2 aromatic rings. The first-order valence-electron chi connectivity index (χ1n) is 5.57. The molecule has 0 fully saturated rings. The van der Waals surface area contributed by atoms with E-state index in [1.165, 1.54) is 11.3 Å². The SMILES string of the molecule is CCc1cc(-c2ccc(Br)cc2)n(CC)n1. The molecular formula is C13H15BrN2. The molecule has 0 amide bonds. The van der Waals surface area contributed by atoms with Crippen LogP contribution in [0.5, 0.6) is 0 Å². The maximum absolute atomic E-state index is 4.55. The largest absolute Gasteiger partial charge is 0.265 e. The summed E-state index contributed by atoms with van der Waals surface area (Å²) in [6, 6.07) is 10.5. The van der Waals surface area contributed by atoms with Gasteiger partial charge in [0.2, 0.25) is 0 Å². The number of aryl methyl sites for hydroxylation is 2. The fourth-order valence-electron chi connectivity index (χ4n) is 1.74. The van der Waals surface area contributed by atoms with Crippen LogP contribution in [0.25, 0.3) is 11.3 Å². The quantitative estimate of drug-likeness (QED) is 0.833. The van der Waals surface area contributed by atoms with E-state index in [9.17, 15) is 0 Å². The average Bonchev–Trinajstić information content (AvgIpc) is 2.73. The number of benzene rings is 1. The first kappa shape index (κ1) is 11.4. The summed E-state index contributed by atoms with van der Waals surface area (Å²) >= 11 is 3.45. The van der Waals surface area contributed by atoms with E-state index in [0.29, 0.717) is 0 Å². The molecule has 1 aromatic heterocycles. The van der Waals surface area contributed by atoms with Gasteiger partial charge in [0.25, 0.3) is 0 Å². The van der Waals surface area contributed by atoms with Crippen LogP contribution in [-0.2, 0) is 13.0 Å². The topological polar surface area (TPSA) is 17.8 Å². The molecular weight excluding hydrogens is 264 g/mol. The van der Waals surface area contributed by atoms with E-state index in [2.05, 4.69) is 69.9 Å². The highest BCUT2D eigenvalue weighted by atomic mass is 79.9. The number of hydrogen-bond acceptors (Lipinski definition) is 1. The summed E-state index contributed by atoms with van der Waals surface area (Å²) in [6.07, 6.45) is 0.983. The Hall–Kier alpha value is -1.09. The molecule has 0 bridgehead atoms.